The van der Waals surface area contributed by atoms with E-state index in [2.05, 4.69) is 38.6 Å². The fourth-order valence-electron chi connectivity index (χ4n) is 1.33. The second-order valence-electron chi connectivity index (χ2n) is 3.36. The van der Waals surface area contributed by atoms with Gasteiger partial charge in [0.05, 0.1) is 29.5 Å². The average Bonchev–Trinajstić information content (AvgIpc) is 2.67. The Morgan fingerprint density at radius 1 is 1.59 bits per heavy atom. The summed E-state index contributed by atoms with van der Waals surface area (Å²) in [7, 11) is 1.66. The fraction of sp³-hybridized carbons (Fsp3) is 0.600. The number of aromatic nitrogens is 2. The van der Waals surface area contributed by atoms with Gasteiger partial charge in [0.25, 0.3) is 0 Å². The second-order valence-corrected chi connectivity index (χ2v) is 4.62. The first-order valence-electron chi connectivity index (χ1n) is 5.39. The monoisotopic (exact) mass is 320 g/mol. The maximum absolute atomic E-state index is 5.14. The van der Waals surface area contributed by atoms with Crippen molar-refractivity contribution >= 4 is 33.3 Å². The van der Waals surface area contributed by atoms with Crippen molar-refractivity contribution in [1.29, 1.82) is 0 Å². The number of nitrogens with zero attached hydrogens (tertiary/aromatic N) is 2. The van der Waals surface area contributed by atoms with Crippen LogP contribution in [0.25, 0.3) is 0 Å². The Morgan fingerprint density at radius 2 is 2.35 bits per heavy atom. The van der Waals surface area contributed by atoms with Gasteiger partial charge < -0.3 is 15.4 Å². The molecule has 7 heteroatoms. The first kappa shape index (κ1) is 14.4. The molecule has 0 atom stereocenters. The van der Waals surface area contributed by atoms with Crippen molar-refractivity contribution in [2.45, 2.75) is 20.0 Å². The number of thiocarbonyl (C=S) groups is 1. The normalized spacial score (nSPS) is 10.3. The van der Waals surface area contributed by atoms with Crippen LogP contribution in [0.2, 0.25) is 0 Å². The van der Waals surface area contributed by atoms with Crippen LogP contribution >= 0.6 is 28.1 Å². The highest BCUT2D eigenvalue weighted by molar-refractivity contribution is 9.10. The fourth-order valence-corrected chi connectivity index (χ4v) is 1.94. The first-order chi connectivity index (χ1) is 8.19. The standard InChI is InChI=1S/C10H17BrN4OS/c1-3-15-9(8(11)6-14-15)7-13-10(17)12-4-5-16-2/h6H,3-5,7H2,1-2H3,(H2,12,13,17). The van der Waals surface area contributed by atoms with Gasteiger partial charge in [0.2, 0.25) is 0 Å². The molecule has 1 aromatic rings. The summed E-state index contributed by atoms with van der Waals surface area (Å²) in [4.78, 5) is 0. The zero-order valence-corrected chi connectivity index (χ0v) is 12.4. The van der Waals surface area contributed by atoms with E-state index >= 15 is 0 Å². The molecule has 5 nitrogen and oxygen atoms in total. The van der Waals surface area contributed by atoms with Crippen molar-refractivity contribution in [3.63, 3.8) is 0 Å². The molecule has 0 saturated heterocycles. The minimum absolute atomic E-state index is 0.623. The average molecular weight is 321 g/mol. The maximum atomic E-state index is 5.14. The molecule has 0 amide bonds. The van der Waals surface area contributed by atoms with Gasteiger partial charge in [0.1, 0.15) is 0 Å². The van der Waals surface area contributed by atoms with E-state index in [-0.39, 0.29) is 0 Å². The van der Waals surface area contributed by atoms with Crippen molar-refractivity contribution in [2.75, 3.05) is 20.3 Å². The summed E-state index contributed by atoms with van der Waals surface area (Å²) in [5, 5.41) is 11.0. The number of rotatable bonds is 6. The molecule has 0 aliphatic carbocycles. The largest absolute Gasteiger partial charge is 0.383 e. The molecule has 1 aromatic heterocycles. The van der Waals surface area contributed by atoms with Crippen molar-refractivity contribution in [3.8, 4) is 0 Å². The smallest absolute Gasteiger partial charge is 0.166 e. The van der Waals surface area contributed by atoms with Gasteiger partial charge in [-0.05, 0) is 35.1 Å². The molecule has 0 saturated carbocycles. The summed E-state index contributed by atoms with van der Waals surface area (Å²) in [6.45, 7) is 4.88. The molecular weight excluding hydrogens is 304 g/mol. The number of methoxy groups -OCH3 is 1. The summed E-state index contributed by atoms with van der Waals surface area (Å²) in [5.41, 5.74) is 1.09. The van der Waals surface area contributed by atoms with Crippen LogP contribution in [0.3, 0.4) is 0 Å². The van der Waals surface area contributed by atoms with Crippen LogP contribution in [-0.4, -0.2) is 35.2 Å². The zero-order valence-electron chi connectivity index (χ0n) is 9.99. The van der Waals surface area contributed by atoms with Gasteiger partial charge in [-0.3, -0.25) is 4.68 Å². The van der Waals surface area contributed by atoms with E-state index in [4.69, 9.17) is 17.0 Å². The second kappa shape index (κ2) is 7.62. The molecule has 96 valence electrons. The summed E-state index contributed by atoms with van der Waals surface area (Å²) in [6.07, 6.45) is 1.79. The number of ether oxygens (including phenoxy) is 1. The van der Waals surface area contributed by atoms with E-state index < -0.39 is 0 Å². The third-order valence-electron chi connectivity index (χ3n) is 2.21. The van der Waals surface area contributed by atoms with Gasteiger partial charge in [0, 0.05) is 20.2 Å². The Morgan fingerprint density at radius 3 is 3.00 bits per heavy atom. The number of halogens is 1. The van der Waals surface area contributed by atoms with Gasteiger partial charge in [-0.1, -0.05) is 0 Å². The lowest BCUT2D eigenvalue weighted by molar-refractivity contribution is 0.204. The number of aryl methyl sites for hydroxylation is 1. The van der Waals surface area contributed by atoms with E-state index in [1.165, 1.54) is 0 Å². The first-order valence-corrected chi connectivity index (χ1v) is 6.60. The quantitative estimate of drug-likeness (QED) is 0.611. The SMILES string of the molecule is CCn1ncc(Br)c1CNC(=S)NCCOC. The number of hydrogen-bond donors (Lipinski definition) is 2. The lowest BCUT2D eigenvalue weighted by Gasteiger charge is -2.11. The highest BCUT2D eigenvalue weighted by atomic mass is 79.9. The lowest BCUT2D eigenvalue weighted by atomic mass is 10.4. The molecule has 1 heterocycles. The minimum Gasteiger partial charge on any atom is -0.383 e. The molecule has 0 aliphatic heterocycles. The highest BCUT2D eigenvalue weighted by Crippen LogP contribution is 2.15. The van der Waals surface area contributed by atoms with Crippen LogP contribution in [0.1, 0.15) is 12.6 Å². The topological polar surface area (TPSA) is 51.1 Å². The van der Waals surface area contributed by atoms with Crippen molar-refractivity contribution in [3.05, 3.63) is 16.4 Å². The predicted octanol–water partition coefficient (Wildman–Crippen LogP) is 1.28. The summed E-state index contributed by atoms with van der Waals surface area (Å²) in [5.74, 6) is 0. The Kier molecular flexibility index (Phi) is 6.46. The Balaban J connectivity index is 2.39. The van der Waals surface area contributed by atoms with Crippen LogP contribution in [0, 0.1) is 0 Å². The van der Waals surface area contributed by atoms with E-state index in [1.54, 1.807) is 13.3 Å². The Hall–Kier alpha value is -0.660. The van der Waals surface area contributed by atoms with E-state index in [0.29, 0.717) is 24.8 Å². The lowest BCUT2D eigenvalue weighted by Crippen LogP contribution is -2.37. The summed E-state index contributed by atoms with van der Waals surface area (Å²) in [6, 6.07) is 0. The number of hydrogen-bond acceptors (Lipinski definition) is 3. The Bertz CT molecular complexity index is 369. The predicted molar refractivity (Wildman–Crippen MR) is 74.9 cm³/mol. The van der Waals surface area contributed by atoms with Crippen LogP contribution in [0.4, 0.5) is 0 Å². The van der Waals surface area contributed by atoms with E-state index in [0.717, 1.165) is 16.7 Å². The molecule has 0 radical (unpaired) electrons. The molecular formula is C10H17BrN4OS. The zero-order chi connectivity index (χ0) is 12.7. The summed E-state index contributed by atoms with van der Waals surface area (Å²) >= 11 is 8.61. The molecule has 0 bridgehead atoms. The molecule has 0 unspecified atom stereocenters. The van der Waals surface area contributed by atoms with Gasteiger partial charge in [-0.15, -0.1) is 0 Å². The van der Waals surface area contributed by atoms with E-state index in [9.17, 15) is 0 Å². The minimum atomic E-state index is 0.623. The maximum Gasteiger partial charge on any atom is 0.166 e. The van der Waals surface area contributed by atoms with Crippen molar-refractivity contribution in [2.24, 2.45) is 0 Å². The molecule has 0 aromatic carbocycles. The molecule has 1 rings (SSSR count). The van der Waals surface area contributed by atoms with Crippen LogP contribution < -0.4 is 10.6 Å². The Labute approximate surface area is 115 Å². The third kappa shape index (κ3) is 4.61. The van der Waals surface area contributed by atoms with E-state index in [1.807, 2.05) is 4.68 Å². The van der Waals surface area contributed by atoms with Crippen LogP contribution in [0.15, 0.2) is 10.7 Å². The molecule has 0 fully saturated rings. The van der Waals surface area contributed by atoms with Gasteiger partial charge in [-0.25, -0.2) is 0 Å². The van der Waals surface area contributed by atoms with Gasteiger partial charge >= 0.3 is 0 Å². The molecule has 2 N–H and O–H groups in total. The number of nitrogens with one attached hydrogen (secondary N) is 2. The third-order valence-corrected chi connectivity index (χ3v) is 3.16. The van der Waals surface area contributed by atoms with Crippen LogP contribution in [-0.2, 0) is 17.8 Å². The highest BCUT2D eigenvalue weighted by Gasteiger charge is 2.07. The summed E-state index contributed by atoms with van der Waals surface area (Å²) < 4.78 is 7.84. The van der Waals surface area contributed by atoms with Crippen molar-refractivity contribution < 1.29 is 4.74 Å². The molecule has 0 spiro atoms. The van der Waals surface area contributed by atoms with Crippen LogP contribution in [0.5, 0.6) is 0 Å². The van der Waals surface area contributed by atoms with Gasteiger partial charge in [-0.2, -0.15) is 5.10 Å². The molecule has 17 heavy (non-hydrogen) atoms. The molecule has 0 aliphatic rings. The van der Waals surface area contributed by atoms with Gasteiger partial charge in [0.15, 0.2) is 5.11 Å². The van der Waals surface area contributed by atoms with Crippen molar-refractivity contribution in [1.82, 2.24) is 20.4 Å².